The van der Waals surface area contributed by atoms with E-state index in [4.69, 9.17) is 80.1 Å². The van der Waals surface area contributed by atoms with Gasteiger partial charge in [-0.2, -0.15) is 0 Å². The van der Waals surface area contributed by atoms with Gasteiger partial charge in [-0.15, -0.1) is 0 Å². The second kappa shape index (κ2) is 37.8. The van der Waals surface area contributed by atoms with Crippen molar-refractivity contribution in [3.63, 3.8) is 0 Å². The van der Waals surface area contributed by atoms with Gasteiger partial charge in [-0.3, -0.25) is 0 Å². The molecule has 0 aliphatic carbocycles. The normalized spacial score (nSPS) is 31.9. The van der Waals surface area contributed by atoms with Crippen LogP contribution in [-0.2, 0) is 80.1 Å². The number of rotatable bonds is 38. The molecule has 87 heavy (non-hydrogen) atoms. The van der Waals surface area contributed by atoms with Crippen LogP contribution < -0.4 is 0 Å². The van der Waals surface area contributed by atoms with Crippen LogP contribution in [0.15, 0.2) is 0 Å². The monoisotopic (exact) mass is 1550 g/mol. The number of ether oxygens (including phenoxy) is 3. The molecule has 0 aromatic rings. The molecule has 3 rings (SSSR count). The van der Waals surface area contributed by atoms with Crippen LogP contribution in [0.3, 0.4) is 0 Å². The van der Waals surface area contributed by atoms with Gasteiger partial charge < -0.3 is 95.4 Å². The van der Waals surface area contributed by atoms with E-state index in [-0.39, 0.29) is 6.61 Å². The van der Waals surface area contributed by atoms with E-state index in [0.29, 0.717) is 33.0 Å². The molecule has 0 amide bonds. The third kappa shape index (κ3) is 37.0. The molecule has 0 aromatic carbocycles. The first-order valence-electron chi connectivity index (χ1n) is 32.4. The van der Waals surface area contributed by atoms with Crippen molar-refractivity contribution in [1.82, 2.24) is 0 Å². The lowest BCUT2D eigenvalue weighted by Crippen LogP contribution is -2.60. The van der Waals surface area contributed by atoms with Gasteiger partial charge >= 0.3 is 79.2 Å². The minimum atomic E-state index is -2.89. The fourth-order valence-electron chi connectivity index (χ4n) is 11.8. The molecule has 0 spiro atoms. The second-order valence-corrected chi connectivity index (χ2v) is 86.5. The lowest BCUT2D eigenvalue weighted by atomic mass is 10.4. The van der Waals surface area contributed by atoms with Crippen LogP contribution in [0.25, 0.3) is 0 Å². The molecule has 0 bridgehead atoms. The van der Waals surface area contributed by atoms with E-state index in [1.165, 1.54) is 0 Å². The van der Waals surface area contributed by atoms with E-state index < -0.39 is 177 Å². The average Bonchev–Trinajstić information content (AvgIpc) is 2.53. The maximum Gasteiger partial charge on any atom is 0.317 e. The molecular formula is C47H126O22Si18. The molecule has 0 radical (unpaired) electrons. The van der Waals surface area contributed by atoms with Crippen LogP contribution in [0.1, 0.15) is 40.0 Å². The van der Waals surface area contributed by atoms with Crippen molar-refractivity contribution in [3.05, 3.63) is 0 Å². The van der Waals surface area contributed by atoms with Gasteiger partial charge in [0, 0.05) is 19.8 Å². The zero-order chi connectivity index (χ0) is 65.9. The fraction of sp³-hybridized carbons (Fsp3) is 1.00. The van der Waals surface area contributed by atoms with Gasteiger partial charge in [0.05, 0.1) is 38.1 Å². The highest BCUT2D eigenvalue weighted by molar-refractivity contribution is 6.92. The Balaban J connectivity index is 1.66. The first-order chi connectivity index (χ1) is 39.8. The molecule has 0 aromatic heterocycles. The quantitative estimate of drug-likeness (QED) is 0.0391. The van der Waals surface area contributed by atoms with Crippen LogP contribution in [0.2, 0.25) is 204 Å². The lowest BCUT2D eigenvalue weighted by molar-refractivity contribution is 0.0460. The van der Waals surface area contributed by atoms with Crippen LogP contribution in [0.5, 0.6) is 0 Å². The van der Waals surface area contributed by atoms with Crippen LogP contribution in [0.4, 0.5) is 0 Å². The molecule has 0 saturated carbocycles. The van der Waals surface area contributed by atoms with Crippen molar-refractivity contribution >= 4 is 159 Å². The van der Waals surface area contributed by atoms with Crippen molar-refractivity contribution < 1.29 is 95.4 Å². The molecule has 15 atom stereocenters. The smallest absolute Gasteiger partial charge is 0.317 e. The van der Waals surface area contributed by atoms with Crippen molar-refractivity contribution in [2.24, 2.45) is 0 Å². The Bertz CT molecular complexity index is 1960. The van der Waals surface area contributed by atoms with Gasteiger partial charge in [-0.05, 0) is 244 Å². The summed E-state index contributed by atoms with van der Waals surface area (Å²) in [6.07, 6.45) is 0.825. The highest BCUT2D eigenvalue weighted by atomic mass is 28.5. The molecule has 518 valence electrons. The summed E-state index contributed by atoms with van der Waals surface area (Å²) in [5, 5.41) is 29.2. The maximum atomic E-state index is 9.93. The predicted octanol–water partition coefficient (Wildman–Crippen LogP) is 8.08. The molecule has 3 aliphatic heterocycles. The number of aliphatic hydroxyl groups is 3. The van der Waals surface area contributed by atoms with Crippen LogP contribution in [-0.4, -0.2) is 232 Å². The largest absolute Gasteiger partial charge is 0.437 e. The number of hydrogen-bond donors (Lipinski definition) is 3. The fourth-order valence-corrected chi connectivity index (χ4v) is 97.1. The Morgan fingerprint density at radius 1 is 0.356 bits per heavy atom. The lowest BCUT2D eigenvalue weighted by Gasteiger charge is -2.45. The Morgan fingerprint density at radius 2 is 0.621 bits per heavy atom. The predicted molar refractivity (Wildman–Crippen MR) is 389 cm³/mol. The van der Waals surface area contributed by atoms with Crippen molar-refractivity contribution in [2.45, 2.75) is 262 Å². The molecule has 15 unspecified atom stereocenters. The van der Waals surface area contributed by atoms with Gasteiger partial charge in [-0.25, -0.2) is 0 Å². The minimum Gasteiger partial charge on any atom is -0.437 e. The van der Waals surface area contributed by atoms with E-state index in [1.807, 2.05) is 0 Å². The van der Waals surface area contributed by atoms with E-state index in [1.54, 1.807) is 20.8 Å². The highest BCUT2D eigenvalue weighted by Crippen LogP contribution is 2.37. The summed E-state index contributed by atoms with van der Waals surface area (Å²) >= 11 is 0. The van der Waals surface area contributed by atoms with Crippen molar-refractivity contribution in [3.8, 4) is 0 Å². The summed E-state index contributed by atoms with van der Waals surface area (Å²) in [6, 6.07) is 9.04. The molecule has 3 N–H and O–H groups in total. The molecular weight excluding hydrogens is 1420 g/mol. The van der Waals surface area contributed by atoms with E-state index in [9.17, 15) is 15.3 Å². The van der Waals surface area contributed by atoms with Gasteiger partial charge in [0.15, 0.2) is 33.3 Å². The van der Waals surface area contributed by atoms with Crippen LogP contribution >= 0.6 is 0 Å². The first kappa shape index (κ1) is 84.2. The first-order valence-corrected chi connectivity index (χ1v) is 76.4. The number of aliphatic hydroxyl groups excluding tert-OH is 3. The van der Waals surface area contributed by atoms with E-state index in [2.05, 4.69) is 137 Å². The van der Waals surface area contributed by atoms with Crippen LogP contribution in [0, 0.1) is 0 Å². The molecule has 3 fully saturated rings. The summed E-state index contributed by atoms with van der Waals surface area (Å²) in [6.45, 7) is 54.1. The number of hydrogen-bond acceptors (Lipinski definition) is 22. The highest BCUT2D eigenvalue weighted by Gasteiger charge is 2.51. The summed E-state index contributed by atoms with van der Waals surface area (Å²) in [7, 11) is -41.6. The maximum absolute atomic E-state index is 9.93. The summed E-state index contributed by atoms with van der Waals surface area (Å²) < 4.78 is 128. The third-order valence-electron chi connectivity index (χ3n) is 14.7. The standard InChI is InChI=1S/C47H126O22Si18/c1-45(48)42-51-28-25-34-84(21)59-72(6)54-70(4)56-75(62-84)31-37-78(9,10)65-82(17,18)66-80(13,14)39-33-77-58-74(8)61-87(24,69-86(23,64-77)36-27-30-53-44-47(3)50)41-40-81(15,16)68-83(19,20)67-79(11,12)38-32-76-57-71(5)55-73(7)60-85(22,63-76)35-26-29-52-43-46(2)49/h45-50,70-77H,25-44H2,1-24H3. The van der Waals surface area contributed by atoms with Crippen molar-refractivity contribution in [1.29, 1.82) is 0 Å². The Labute approximate surface area is 552 Å². The molecule has 3 saturated heterocycles. The van der Waals surface area contributed by atoms with Gasteiger partial charge in [0.1, 0.15) is 0 Å². The summed E-state index contributed by atoms with van der Waals surface area (Å²) in [5.74, 6) is 0. The Morgan fingerprint density at radius 3 is 0.954 bits per heavy atom. The molecule has 22 nitrogen and oxygen atoms in total. The second-order valence-electron chi connectivity index (χ2n) is 28.6. The zero-order valence-corrected chi connectivity index (χ0v) is 77.8. The Kier molecular flexibility index (Phi) is 36.6. The van der Waals surface area contributed by atoms with Gasteiger partial charge in [-0.1, -0.05) is 0 Å². The SMILES string of the molecule is CC(O)COCCC[Si]1(C)O[SiH](C)O[SiH](C)O[SiH](CC[Si](C)(C)O[Si](C)(C)O[Si](C)(C)CC[SiH]2O[SiH](C)O[Si](C)(CC[Si](C)(C)O[Si](C)(C)O[Si](C)(C)CC[SiH]3O[SiH](C)O[SiH](C)O[Si](C)(CCCOCC(C)O)O3)O[Si](C)(CCCOCC(C)O)O2)O1. The Hall–Kier alpha value is 3.02. The van der Waals surface area contributed by atoms with E-state index in [0.717, 1.165) is 85.7 Å². The molecule has 3 aliphatic rings. The minimum absolute atomic E-state index is 0.286. The van der Waals surface area contributed by atoms with Gasteiger partial charge in [0.25, 0.3) is 46.4 Å². The average molecular weight is 1550 g/mol. The van der Waals surface area contributed by atoms with E-state index >= 15 is 0 Å². The molecule has 3 heterocycles. The topological polar surface area (TPSA) is 236 Å². The third-order valence-corrected chi connectivity index (χ3v) is 83.7. The summed E-state index contributed by atoms with van der Waals surface area (Å²) in [4.78, 5) is 0. The zero-order valence-electron chi connectivity index (χ0n) is 58.6. The molecule has 40 heteroatoms. The van der Waals surface area contributed by atoms with Gasteiger partial charge in [0.2, 0.25) is 0 Å². The summed E-state index contributed by atoms with van der Waals surface area (Å²) in [5.41, 5.74) is 0. The van der Waals surface area contributed by atoms with Crippen molar-refractivity contribution in [2.75, 3.05) is 39.6 Å².